The summed E-state index contributed by atoms with van der Waals surface area (Å²) in [6.45, 7) is 5.79. The summed E-state index contributed by atoms with van der Waals surface area (Å²) in [6, 6.07) is 0. The van der Waals surface area contributed by atoms with Crippen LogP contribution in [0.15, 0.2) is 11.3 Å². The topological polar surface area (TPSA) is 38.3 Å². The van der Waals surface area contributed by atoms with Gasteiger partial charge in [0.15, 0.2) is 0 Å². The Hall–Kier alpha value is -0.990. The van der Waals surface area contributed by atoms with Crippen molar-refractivity contribution in [3.05, 3.63) is 11.3 Å². The maximum absolute atomic E-state index is 11.0. The lowest BCUT2D eigenvalue weighted by Gasteiger charge is -2.05. The van der Waals surface area contributed by atoms with Crippen molar-refractivity contribution in [2.75, 3.05) is 13.7 Å². The smallest absolute Gasteiger partial charge is 0.335 e. The fraction of sp³-hybridized carbons (Fsp3) is 0.625. The van der Waals surface area contributed by atoms with Gasteiger partial charge in [0.05, 0.1) is 12.2 Å². The number of hydrogen-bond acceptors (Lipinski definition) is 3. The van der Waals surface area contributed by atoms with Crippen LogP contribution in [0.3, 0.4) is 0 Å². The third kappa shape index (κ3) is 3.07. The van der Waals surface area contributed by atoms with Crippen LogP contribution in [0.25, 0.3) is 0 Å². The molecule has 0 saturated carbocycles. The van der Waals surface area contributed by atoms with Gasteiger partial charge in [0.2, 0.25) is 0 Å². The zero-order chi connectivity index (χ0) is 8.85. The quantitative estimate of drug-likeness (QED) is 0.492. The lowest BCUT2D eigenvalue weighted by Crippen LogP contribution is -2.12. The van der Waals surface area contributed by atoms with E-state index in [0.29, 0.717) is 12.2 Å². The van der Waals surface area contributed by atoms with E-state index in [9.17, 15) is 4.79 Å². The number of hydrogen-bond donors (Lipinski definition) is 1. The maximum Gasteiger partial charge on any atom is 0.335 e. The molecule has 3 nitrogen and oxygen atoms in total. The van der Waals surface area contributed by atoms with Gasteiger partial charge in [-0.1, -0.05) is 0 Å². The first-order valence-corrected chi connectivity index (χ1v) is 3.65. The molecule has 0 fully saturated rings. The zero-order valence-corrected chi connectivity index (χ0v) is 7.52. The van der Waals surface area contributed by atoms with Crippen molar-refractivity contribution in [1.82, 2.24) is 5.32 Å². The largest absolute Gasteiger partial charge is 0.463 e. The van der Waals surface area contributed by atoms with Crippen molar-refractivity contribution in [3.8, 4) is 0 Å². The van der Waals surface area contributed by atoms with E-state index in [0.717, 1.165) is 5.70 Å². The Morgan fingerprint density at radius 3 is 2.36 bits per heavy atom. The average molecular weight is 157 g/mol. The van der Waals surface area contributed by atoms with Crippen LogP contribution in [0.5, 0.6) is 0 Å². The van der Waals surface area contributed by atoms with Crippen LogP contribution in [0.2, 0.25) is 0 Å². The summed E-state index contributed by atoms with van der Waals surface area (Å²) in [5.41, 5.74) is 1.48. The molecule has 0 aliphatic heterocycles. The number of ether oxygens (including phenoxy) is 1. The van der Waals surface area contributed by atoms with Crippen LogP contribution >= 0.6 is 0 Å². The first kappa shape index (κ1) is 10.0. The Labute approximate surface area is 67.4 Å². The van der Waals surface area contributed by atoms with E-state index in [1.807, 2.05) is 6.92 Å². The molecule has 3 heteroatoms. The highest BCUT2D eigenvalue weighted by molar-refractivity contribution is 5.88. The average Bonchev–Trinajstić information content (AvgIpc) is 2.02. The van der Waals surface area contributed by atoms with E-state index in [2.05, 4.69) is 5.32 Å². The van der Waals surface area contributed by atoms with Crippen LogP contribution in [0, 0.1) is 0 Å². The van der Waals surface area contributed by atoms with Crippen molar-refractivity contribution in [1.29, 1.82) is 0 Å². The summed E-state index contributed by atoms with van der Waals surface area (Å²) >= 11 is 0. The Morgan fingerprint density at radius 2 is 2.00 bits per heavy atom. The monoisotopic (exact) mass is 157 g/mol. The number of rotatable bonds is 3. The number of allylic oxidation sites excluding steroid dienone is 1. The molecule has 0 unspecified atom stereocenters. The second-order valence-corrected chi connectivity index (χ2v) is 2.22. The third-order valence-electron chi connectivity index (χ3n) is 1.52. The lowest BCUT2D eigenvalue weighted by molar-refractivity contribution is -0.138. The highest BCUT2D eigenvalue weighted by Crippen LogP contribution is 2.01. The molecule has 0 aromatic rings. The molecule has 0 radical (unpaired) electrons. The summed E-state index contributed by atoms with van der Waals surface area (Å²) in [6.07, 6.45) is 0. The van der Waals surface area contributed by atoms with Gasteiger partial charge in [-0.25, -0.2) is 4.79 Å². The summed E-state index contributed by atoms with van der Waals surface area (Å²) in [5.74, 6) is -0.251. The molecule has 0 bridgehead atoms. The fourth-order valence-corrected chi connectivity index (χ4v) is 0.580. The first-order chi connectivity index (χ1) is 5.13. The molecular weight excluding hydrogens is 142 g/mol. The first-order valence-electron chi connectivity index (χ1n) is 3.65. The van der Waals surface area contributed by atoms with E-state index in [1.54, 1.807) is 20.9 Å². The van der Waals surface area contributed by atoms with E-state index in [4.69, 9.17) is 4.74 Å². The van der Waals surface area contributed by atoms with E-state index < -0.39 is 0 Å². The molecule has 0 saturated heterocycles. The maximum atomic E-state index is 11.0. The van der Waals surface area contributed by atoms with Gasteiger partial charge in [0, 0.05) is 12.7 Å². The minimum atomic E-state index is -0.251. The summed E-state index contributed by atoms with van der Waals surface area (Å²) in [5, 5.41) is 2.88. The highest BCUT2D eigenvalue weighted by Gasteiger charge is 2.06. The molecular formula is C8H15NO2. The van der Waals surface area contributed by atoms with Crippen molar-refractivity contribution in [2.45, 2.75) is 20.8 Å². The molecule has 0 amide bonds. The number of esters is 1. The van der Waals surface area contributed by atoms with Crippen LogP contribution in [-0.2, 0) is 9.53 Å². The molecule has 1 N–H and O–H groups in total. The predicted molar refractivity (Wildman–Crippen MR) is 44.1 cm³/mol. The van der Waals surface area contributed by atoms with Crippen LogP contribution in [0.1, 0.15) is 20.8 Å². The molecule has 0 rings (SSSR count). The normalized spacial score (nSPS) is 12.0. The van der Waals surface area contributed by atoms with Gasteiger partial charge in [-0.05, 0) is 20.8 Å². The van der Waals surface area contributed by atoms with E-state index >= 15 is 0 Å². The molecule has 64 valence electrons. The second kappa shape index (κ2) is 4.77. The molecule has 0 heterocycles. The number of carbonyl (C=O) groups is 1. The van der Waals surface area contributed by atoms with Crippen molar-refractivity contribution >= 4 is 5.97 Å². The second-order valence-electron chi connectivity index (χ2n) is 2.22. The van der Waals surface area contributed by atoms with Crippen LogP contribution < -0.4 is 5.32 Å². The SMILES string of the molecule is CCOC(=O)C(C)=C(C)NC. The van der Waals surface area contributed by atoms with Gasteiger partial charge in [0.1, 0.15) is 0 Å². The predicted octanol–water partition coefficient (Wildman–Crippen LogP) is 1.06. The van der Waals surface area contributed by atoms with Gasteiger partial charge >= 0.3 is 5.97 Å². The molecule has 0 spiro atoms. The van der Waals surface area contributed by atoms with Crippen molar-refractivity contribution in [3.63, 3.8) is 0 Å². The molecule has 0 atom stereocenters. The molecule has 0 aliphatic carbocycles. The fourth-order valence-electron chi connectivity index (χ4n) is 0.580. The van der Waals surface area contributed by atoms with Crippen molar-refractivity contribution < 1.29 is 9.53 Å². The zero-order valence-electron chi connectivity index (χ0n) is 7.52. The number of carbonyl (C=O) groups excluding carboxylic acids is 1. The summed E-state index contributed by atoms with van der Waals surface area (Å²) < 4.78 is 4.79. The minimum Gasteiger partial charge on any atom is -0.463 e. The van der Waals surface area contributed by atoms with Gasteiger partial charge in [0.25, 0.3) is 0 Å². The van der Waals surface area contributed by atoms with Gasteiger partial charge in [-0.15, -0.1) is 0 Å². The van der Waals surface area contributed by atoms with Gasteiger partial charge in [-0.2, -0.15) is 0 Å². The van der Waals surface area contributed by atoms with Crippen LogP contribution in [-0.4, -0.2) is 19.6 Å². The minimum absolute atomic E-state index is 0.251. The Morgan fingerprint density at radius 1 is 1.45 bits per heavy atom. The Kier molecular flexibility index (Phi) is 4.34. The Balaban J connectivity index is 4.22. The standard InChI is InChI=1S/C8H15NO2/c1-5-11-8(10)6(2)7(3)9-4/h9H,5H2,1-4H3. The Bertz CT molecular complexity index is 173. The molecule has 0 aliphatic rings. The summed E-state index contributed by atoms with van der Waals surface area (Å²) in [4.78, 5) is 11.0. The van der Waals surface area contributed by atoms with Gasteiger partial charge in [-0.3, -0.25) is 0 Å². The van der Waals surface area contributed by atoms with E-state index in [1.165, 1.54) is 0 Å². The third-order valence-corrected chi connectivity index (χ3v) is 1.52. The molecule has 11 heavy (non-hydrogen) atoms. The number of nitrogens with one attached hydrogen (secondary N) is 1. The van der Waals surface area contributed by atoms with E-state index in [-0.39, 0.29) is 5.97 Å². The van der Waals surface area contributed by atoms with Crippen LogP contribution in [0.4, 0.5) is 0 Å². The highest BCUT2D eigenvalue weighted by atomic mass is 16.5. The lowest BCUT2D eigenvalue weighted by atomic mass is 10.2. The summed E-state index contributed by atoms with van der Waals surface area (Å²) in [7, 11) is 1.78. The molecule has 0 aromatic heterocycles. The van der Waals surface area contributed by atoms with Gasteiger partial charge < -0.3 is 10.1 Å². The van der Waals surface area contributed by atoms with Crippen molar-refractivity contribution in [2.24, 2.45) is 0 Å². The molecule has 0 aromatic carbocycles.